The molecule has 23 heavy (non-hydrogen) atoms. The topological polar surface area (TPSA) is 29.5 Å². The van der Waals surface area contributed by atoms with Crippen LogP contribution in [0.5, 0.6) is 0 Å². The van der Waals surface area contributed by atoms with Crippen molar-refractivity contribution < 1.29 is 9.53 Å². The summed E-state index contributed by atoms with van der Waals surface area (Å²) >= 11 is 0. The molecule has 0 aromatic heterocycles. The first-order chi connectivity index (χ1) is 11.0. The lowest BCUT2D eigenvalue weighted by Gasteiger charge is -2.19. The standard InChI is InChI=1S/C20H33NO2/c1-5-6-7-8-9-15-21(4)19-12-10-18(11-13-19)20(22)23-16-14-17(2)3/h10-13,17H,5-9,14-16H2,1-4H3. The Kier molecular flexibility index (Phi) is 9.42. The molecule has 0 saturated heterocycles. The van der Waals surface area contributed by atoms with Crippen molar-refractivity contribution in [2.75, 3.05) is 25.1 Å². The number of benzene rings is 1. The highest BCUT2D eigenvalue weighted by Crippen LogP contribution is 2.16. The summed E-state index contributed by atoms with van der Waals surface area (Å²) in [6.07, 6.45) is 7.35. The van der Waals surface area contributed by atoms with E-state index in [-0.39, 0.29) is 5.97 Å². The van der Waals surface area contributed by atoms with E-state index in [4.69, 9.17) is 4.74 Å². The molecule has 0 radical (unpaired) electrons. The fourth-order valence-corrected chi connectivity index (χ4v) is 2.40. The number of nitrogens with zero attached hydrogens (tertiary/aromatic N) is 1. The van der Waals surface area contributed by atoms with Gasteiger partial charge in [0.15, 0.2) is 0 Å². The minimum atomic E-state index is -0.223. The Labute approximate surface area is 142 Å². The number of anilines is 1. The van der Waals surface area contributed by atoms with Crippen molar-refractivity contribution in [3.63, 3.8) is 0 Å². The molecule has 0 spiro atoms. The fraction of sp³-hybridized carbons (Fsp3) is 0.650. The third-order valence-electron chi connectivity index (χ3n) is 4.07. The molecule has 1 rings (SSSR count). The van der Waals surface area contributed by atoms with Gasteiger partial charge in [-0.25, -0.2) is 4.79 Å². The van der Waals surface area contributed by atoms with Crippen LogP contribution in [0.25, 0.3) is 0 Å². The highest BCUT2D eigenvalue weighted by molar-refractivity contribution is 5.89. The highest BCUT2D eigenvalue weighted by atomic mass is 16.5. The Hall–Kier alpha value is -1.51. The Bertz CT molecular complexity index is 439. The second kappa shape index (κ2) is 11.1. The van der Waals surface area contributed by atoms with E-state index >= 15 is 0 Å². The Morgan fingerprint density at radius 1 is 1.09 bits per heavy atom. The minimum Gasteiger partial charge on any atom is -0.462 e. The lowest BCUT2D eigenvalue weighted by molar-refractivity contribution is 0.0488. The number of carbonyl (C=O) groups excluding carboxylic acids is 1. The molecule has 0 aliphatic carbocycles. The van der Waals surface area contributed by atoms with Gasteiger partial charge in [0.2, 0.25) is 0 Å². The number of hydrogen-bond acceptors (Lipinski definition) is 3. The van der Waals surface area contributed by atoms with Gasteiger partial charge < -0.3 is 9.64 Å². The summed E-state index contributed by atoms with van der Waals surface area (Å²) in [5.41, 5.74) is 1.79. The van der Waals surface area contributed by atoms with Gasteiger partial charge in [-0.1, -0.05) is 46.5 Å². The lowest BCUT2D eigenvalue weighted by atomic mass is 10.1. The first kappa shape index (κ1) is 19.5. The average Bonchev–Trinajstić information content (AvgIpc) is 2.54. The Morgan fingerprint density at radius 3 is 2.35 bits per heavy atom. The Morgan fingerprint density at radius 2 is 1.74 bits per heavy atom. The lowest BCUT2D eigenvalue weighted by Crippen LogP contribution is -2.18. The monoisotopic (exact) mass is 319 g/mol. The summed E-state index contributed by atoms with van der Waals surface area (Å²) in [7, 11) is 2.11. The van der Waals surface area contributed by atoms with E-state index in [0.717, 1.165) is 18.7 Å². The molecule has 0 saturated carbocycles. The summed E-state index contributed by atoms with van der Waals surface area (Å²) in [6.45, 7) is 8.04. The maximum absolute atomic E-state index is 11.9. The van der Waals surface area contributed by atoms with Crippen molar-refractivity contribution in [1.29, 1.82) is 0 Å². The summed E-state index contributed by atoms with van der Waals surface area (Å²) in [5.74, 6) is 0.329. The molecule has 3 heteroatoms. The Balaban J connectivity index is 2.38. The molecule has 1 aromatic rings. The number of carbonyl (C=O) groups is 1. The minimum absolute atomic E-state index is 0.223. The maximum Gasteiger partial charge on any atom is 0.338 e. The van der Waals surface area contributed by atoms with Crippen LogP contribution < -0.4 is 4.90 Å². The largest absolute Gasteiger partial charge is 0.462 e. The molecule has 0 bridgehead atoms. The van der Waals surface area contributed by atoms with E-state index in [1.54, 1.807) is 0 Å². The van der Waals surface area contributed by atoms with Crippen LogP contribution in [0.1, 0.15) is 69.7 Å². The zero-order chi connectivity index (χ0) is 17.1. The molecule has 0 unspecified atom stereocenters. The molecule has 0 amide bonds. The van der Waals surface area contributed by atoms with Crippen molar-refractivity contribution in [3.05, 3.63) is 29.8 Å². The predicted molar refractivity (Wildman–Crippen MR) is 98.2 cm³/mol. The van der Waals surface area contributed by atoms with Crippen LogP contribution in [0.2, 0.25) is 0 Å². The second-order valence-corrected chi connectivity index (χ2v) is 6.70. The number of rotatable bonds is 11. The quantitative estimate of drug-likeness (QED) is 0.409. The van der Waals surface area contributed by atoms with Gasteiger partial charge in [-0.15, -0.1) is 0 Å². The summed E-state index contributed by atoms with van der Waals surface area (Å²) in [6, 6.07) is 7.73. The van der Waals surface area contributed by atoms with Crippen LogP contribution in [0.3, 0.4) is 0 Å². The van der Waals surface area contributed by atoms with Crippen molar-refractivity contribution in [2.24, 2.45) is 5.92 Å². The van der Waals surface area contributed by atoms with E-state index in [2.05, 4.69) is 32.7 Å². The van der Waals surface area contributed by atoms with Crippen molar-refractivity contribution in [1.82, 2.24) is 0 Å². The van der Waals surface area contributed by atoms with Gasteiger partial charge >= 0.3 is 5.97 Å². The molecule has 0 aliphatic heterocycles. The SMILES string of the molecule is CCCCCCCN(C)c1ccc(C(=O)OCCC(C)C)cc1. The van der Waals surface area contributed by atoms with Crippen molar-refractivity contribution in [2.45, 2.75) is 59.3 Å². The van der Waals surface area contributed by atoms with E-state index in [9.17, 15) is 4.79 Å². The first-order valence-electron chi connectivity index (χ1n) is 9.03. The first-order valence-corrected chi connectivity index (χ1v) is 9.03. The fourth-order valence-electron chi connectivity index (χ4n) is 2.40. The van der Waals surface area contributed by atoms with Crippen LogP contribution in [0.4, 0.5) is 5.69 Å². The van der Waals surface area contributed by atoms with Gasteiger partial charge in [0.05, 0.1) is 12.2 Å². The summed E-state index contributed by atoms with van der Waals surface area (Å²) in [4.78, 5) is 14.2. The summed E-state index contributed by atoms with van der Waals surface area (Å²) < 4.78 is 5.29. The molecular formula is C20H33NO2. The van der Waals surface area contributed by atoms with Crippen LogP contribution in [0.15, 0.2) is 24.3 Å². The van der Waals surface area contributed by atoms with Crippen LogP contribution >= 0.6 is 0 Å². The average molecular weight is 319 g/mol. The van der Waals surface area contributed by atoms with Gasteiger partial charge in [0.1, 0.15) is 0 Å². The zero-order valence-corrected chi connectivity index (χ0v) is 15.3. The molecule has 0 aliphatic rings. The van der Waals surface area contributed by atoms with Crippen molar-refractivity contribution >= 4 is 11.7 Å². The second-order valence-electron chi connectivity index (χ2n) is 6.70. The molecule has 130 valence electrons. The number of hydrogen-bond donors (Lipinski definition) is 0. The smallest absolute Gasteiger partial charge is 0.338 e. The molecular weight excluding hydrogens is 286 g/mol. The van der Waals surface area contributed by atoms with Crippen LogP contribution in [-0.2, 0) is 4.74 Å². The molecule has 0 atom stereocenters. The van der Waals surface area contributed by atoms with Crippen LogP contribution in [-0.4, -0.2) is 26.2 Å². The molecule has 0 heterocycles. The normalized spacial score (nSPS) is 10.8. The van der Waals surface area contributed by atoms with Crippen molar-refractivity contribution in [3.8, 4) is 0 Å². The maximum atomic E-state index is 11.9. The van der Waals surface area contributed by atoms with Gasteiger partial charge in [-0.2, -0.15) is 0 Å². The van der Waals surface area contributed by atoms with E-state index in [1.807, 2.05) is 24.3 Å². The van der Waals surface area contributed by atoms with E-state index in [0.29, 0.717) is 18.1 Å². The molecule has 1 aromatic carbocycles. The van der Waals surface area contributed by atoms with Gasteiger partial charge in [0, 0.05) is 19.3 Å². The van der Waals surface area contributed by atoms with Gasteiger partial charge in [-0.05, 0) is 43.0 Å². The molecule has 3 nitrogen and oxygen atoms in total. The van der Waals surface area contributed by atoms with Gasteiger partial charge in [0.25, 0.3) is 0 Å². The third-order valence-corrected chi connectivity index (χ3v) is 4.07. The molecule has 0 fully saturated rings. The van der Waals surface area contributed by atoms with Crippen LogP contribution in [0, 0.1) is 5.92 Å². The van der Waals surface area contributed by atoms with E-state index in [1.165, 1.54) is 32.1 Å². The summed E-state index contributed by atoms with van der Waals surface area (Å²) in [5, 5.41) is 0. The zero-order valence-electron chi connectivity index (χ0n) is 15.3. The predicted octanol–water partition coefficient (Wildman–Crippen LogP) is 5.30. The van der Waals surface area contributed by atoms with Gasteiger partial charge in [-0.3, -0.25) is 0 Å². The number of ether oxygens (including phenoxy) is 1. The third kappa shape index (κ3) is 8.06. The number of unbranched alkanes of at least 4 members (excludes halogenated alkanes) is 4. The highest BCUT2D eigenvalue weighted by Gasteiger charge is 2.08. The molecule has 0 N–H and O–H groups in total. The number of esters is 1. The van der Waals surface area contributed by atoms with E-state index < -0.39 is 0 Å².